The Morgan fingerprint density at radius 3 is 1.92 bits per heavy atom. The largest absolute Gasteiger partial charge is 0.384 e. The molecule has 1 heterocycles. The molecule has 1 rings (SSSR count). The van der Waals surface area contributed by atoms with E-state index in [1.54, 1.807) is 6.07 Å². The van der Waals surface area contributed by atoms with Crippen LogP contribution in [-0.2, 0) is 10.2 Å². The minimum Gasteiger partial charge on any atom is -0.384 e. The summed E-state index contributed by atoms with van der Waals surface area (Å²) in [6.45, 7) is 0. The predicted molar refractivity (Wildman–Crippen MR) is 48.2 cm³/mol. The van der Waals surface area contributed by atoms with Crippen molar-refractivity contribution in [2.24, 2.45) is 10.3 Å². The maximum Gasteiger partial charge on any atom is 0.271 e. The molecule has 0 aliphatic carbocycles. The first kappa shape index (κ1) is 11.6. The van der Waals surface area contributed by atoms with Gasteiger partial charge in [-0.2, -0.15) is 13.4 Å². The summed E-state index contributed by atoms with van der Waals surface area (Å²) in [7, 11) is -3.67. The van der Waals surface area contributed by atoms with E-state index in [9.17, 15) is 8.42 Å². The van der Waals surface area contributed by atoms with Gasteiger partial charge in [0.05, 0.1) is 0 Å². The van der Waals surface area contributed by atoms with Crippen LogP contribution in [0, 0.1) is 0 Å². The fraction of sp³-hybridized carbons (Fsp3) is 0. The maximum atomic E-state index is 9.19. The molecule has 1 aromatic heterocycles. The van der Waals surface area contributed by atoms with Crippen LogP contribution < -0.4 is 21.7 Å². The van der Waals surface area contributed by atoms with Crippen LogP contribution in [0.1, 0.15) is 0 Å². The minimum absolute atomic E-state index is 0.213. The zero-order valence-corrected chi connectivity index (χ0v) is 7.40. The number of anilines is 2. The van der Waals surface area contributed by atoms with Crippen molar-refractivity contribution in [2.75, 3.05) is 11.5 Å². The first-order valence-electron chi connectivity index (χ1n) is 2.93. The predicted octanol–water partition coefficient (Wildman–Crippen LogP) is -2.21. The molecule has 8 nitrogen and oxygen atoms in total. The average molecular weight is 206 g/mol. The van der Waals surface area contributed by atoms with Crippen LogP contribution in [0.15, 0.2) is 12.3 Å². The lowest BCUT2D eigenvalue weighted by molar-refractivity contribution is 0.599. The van der Waals surface area contributed by atoms with Crippen molar-refractivity contribution in [1.82, 2.24) is 9.97 Å². The number of nitrogen functional groups attached to an aromatic ring is 2. The fourth-order valence-corrected chi connectivity index (χ4v) is 0.388. The highest BCUT2D eigenvalue weighted by Crippen LogP contribution is 1.94. The first-order chi connectivity index (χ1) is 5.79. The lowest BCUT2D eigenvalue weighted by Gasteiger charge is -1.89. The third-order valence-electron chi connectivity index (χ3n) is 0.696. The van der Waals surface area contributed by atoms with Gasteiger partial charge in [0.1, 0.15) is 5.82 Å². The summed E-state index contributed by atoms with van der Waals surface area (Å²) < 4.78 is 18.4. The van der Waals surface area contributed by atoms with Gasteiger partial charge in [0.2, 0.25) is 5.95 Å². The van der Waals surface area contributed by atoms with E-state index in [0.717, 1.165) is 0 Å². The third kappa shape index (κ3) is 10.6. The molecule has 13 heavy (non-hydrogen) atoms. The Kier molecular flexibility index (Phi) is 4.04. The molecule has 8 N–H and O–H groups in total. The third-order valence-corrected chi connectivity index (χ3v) is 0.696. The molecule has 0 aliphatic heterocycles. The smallest absolute Gasteiger partial charge is 0.271 e. The first-order valence-corrected chi connectivity index (χ1v) is 4.54. The standard InChI is InChI=1S/C4H6N4.H4N2O2S/c5-3-1-2-7-4(6)8-3;1-5(2,3)4/h1-2H,(H4,5,6,7,8);(H4,1,2,3,4). The van der Waals surface area contributed by atoms with E-state index in [1.807, 2.05) is 0 Å². The van der Waals surface area contributed by atoms with Gasteiger partial charge in [-0.15, -0.1) is 0 Å². The van der Waals surface area contributed by atoms with Crippen LogP contribution in [0.2, 0.25) is 0 Å². The van der Waals surface area contributed by atoms with Crippen LogP contribution in [0.5, 0.6) is 0 Å². The molecular weight excluding hydrogens is 196 g/mol. The van der Waals surface area contributed by atoms with Gasteiger partial charge in [0.25, 0.3) is 10.2 Å². The van der Waals surface area contributed by atoms with Gasteiger partial charge < -0.3 is 11.5 Å². The van der Waals surface area contributed by atoms with E-state index in [-0.39, 0.29) is 5.95 Å². The van der Waals surface area contributed by atoms with Crippen LogP contribution in [0.3, 0.4) is 0 Å². The number of aromatic nitrogens is 2. The molecule has 9 heteroatoms. The second-order valence-electron chi connectivity index (χ2n) is 1.93. The molecule has 0 aliphatic rings. The van der Waals surface area contributed by atoms with Gasteiger partial charge in [-0.05, 0) is 6.07 Å². The van der Waals surface area contributed by atoms with Gasteiger partial charge in [0.15, 0.2) is 0 Å². The highest BCUT2D eigenvalue weighted by molar-refractivity contribution is 7.86. The summed E-state index contributed by atoms with van der Waals surface area (Å²) in [6, 6.07) is 1.58. The highest BCUT2D eigenvalue weighted by Gasteiger charge is 1.84. The topological polar surface area (TPSA) is 164 Å². The van der Waals surface area contributed by atoms with Crippen molar-refractivity contribution in [2.45, 2.75) is 0 Å². The second kappa shape index (κ2) is 4.54. The lowest BCUT2D eigenvalue weighted by atomic mass is 10.6. The molecule has 74 valence electrons. The highest BCUT2D eigenvalue weighted by atomic mass is 32.2. The normalized spacial score (nSPS) is 10.0. The van der Waals surface area contributed by atoms with Gasteiger partial charge in [0, 0.05) is 6.20 Å². The summed E-state index contributed by atoms with van der Waals surface area (Å²) >= 11 is 0. The number of nitrogens with two attached hydrogens (primary N) is 4. The number of nitrogens with zero attached hydrogens (tertiary/aromatic N) is 2. The minimum atomic E-state index is -3.67. The Morgan fingerprint density at radius 1 is 1.23 bits per heavy atom. The van der Waals surface area contributed by atoms with E-state index in [0.29, 0.717) is 5.82 Å². The van der Waals surface area contributed by atoms with E-state index in [1.165, 1.54) is 6.20 Å². The van der Waals surface area contributed by atoms with Crippen molar-refractivity contribution in [3.63, 3.8) is 0 Å². The summed E-state index contributed by atoms with van der Waals surface area (Å²) in [5, 5.41) is 8.21. The SMILES string of the molecule is NS(N)(=O)=O.Nc1ccnc(N)n1. The van der Waals surface area contributed by atoms with Crippen molar-refractivity contribution in [3.8, 4) is 0 Å². The molecular formula is C4H10N6O2S. The second-order valence-corrected chi connectivity index (χ2v) is 3.11. The molecule has 0 saturated heterocycles. The van der Waals surface area contributed by atoms with Crippen molar-refractivity contribution < 1.29 is 8.42 Å². The maximum absolute atomic E-state index is 9.19. The zero-order valence-electron chi connectivity index (χ0n) is 6.58. The summed E-state index contributed by atoms with van der Waals surface area (Å²) in [5.74, 6) is 0.613. The molecule has 0 fully saturated rings. The van der Waals surface area contributed by atoms with Crippen LogP contribution in [-0.4, -0.2) is 18.4 Å². The Balaban J connectivity index is 0.000000252. The molecule has 0 unspecified atom stereocenters. The van der Waals surface area contributed by atoms with Crippen molar-refractivity contribution in [1.29, 1.82) is 0 Å². The number of hydrogen-bond acceptors (Lipinski definition) is 6. The molecule has 0 saturated carbocycles. The summed E-state index contributed by atoms with van der Waals surface area (Å²) in [4.78, 5) is 7.24. The van der Waals surface area contributed by atoms with Gasteiger partial charge in [-0.1, -0.05) is 0 Å². The number of rotatable bonds is 0. The van der Waals surface area contributed by atoms with Crippen LogP contribution in [0.4, 0.5) is 11.8 Å². The fourth-order valence-electron chi connectivity index (χ4n) is 0.388. The average Bonchev–Trinajstić information content (AvgIpc) is 1.81. The molecule has 0 aromatic carbocycles. The number of hydrogen-bond donors (Lipinski definition) is 4. The van der Waals surface area contributed by atoms with E-state index >= 15 is 0 Å². The van der Waals surface area contributed by atoms with Gasteiger partial charge in [-0.25, -0.2) is 15.3 Å². The zero-order chi connectivity index (χ0) is 10.5. The van der Waals surface area contributed by atoms with E-state index in [4.69, 9.17) is 11.5 Å². The molecule has 1 aromatic rings. The summed E-state index contributed by atoms with van der Waals surface area (Å²) in [5.41, 5.74) is 10.4. The Labute approximate surface area is 75.1 Å². The molecule has 0 bridgehead atoms. The Hall–Kier alpha value is -1.45. The van der Waals surface area contributed by atoms with E-state index in [2.05, 4.69) is 20.2 Å². The van der Waals surface area contributed by atoms with Crippen LogP contribution >= 0.6 is 0 Å². The van der Waals surface area contributed by atoms with Gasteiger partial charge >= 0.3 is 0 Å². The Morgan fingerprint density at radius 2 is 1.69 bits per heavy atom. The van der Waals surface area contributed by atoms with Crippen molar-refractivity contribution >= 4 is 22.0 Å². The van der Waals surface area contributed by atoms with Crippen LogP contribution in [0.25, 0.3) is 0 Å². The Bertz CT molecular complexity index is 337. The molecule has 0 spiro atoms. The lowest BCUT2D eigenvalue weighted by Crippen LogP contribution is -2.21. The van der Waals surface area contributed by atoms with E-state index < -0.39 is 10.2 Å². The molecule has 0 atom stereocenters. The monoisotopic (exact) mass is 206 g/mol. The summed E-state index contributed by atoms with van der Waals surface area (Å²) in [6.07, 6.45) is 1.51. The quantitative estimate of drug-likeness (QED) is 0.375. The van der Waals surface area contributed by atoms with Crippen molar-refractivity contribution in [3.05, 3.63) is 12.3 Å². The molecule has 0 radical (unpaired) electrons. The molecule has 0 amide bonds. The van der Waals surface area contributed by atoms with Gasteiger partial charge in [-0.3, -0.25) is 0 Å².